The lowest BCUT2D eigenvalue weighted by molar-refractivity contribution is -0.116. The molecule has 0 radical (unpaired) electrons. The zero-order chi connectivity index (χ0) is 15.8. The van der Waals surface area contributed by atoms with E-state index in [2.05, 4.69) is 12.1 Å². The highest BCUT2D eigenvalue weighted by atomic mass is 32.2. The molecule has 0 saturated carbocycles. The molecule has 0 bridgehead atoms. The maximum atomic E-state index is 12.1. The van der Waals surface area contributed by atoms with Crippen LogP contribution in [-0.2, 0) is 21.1 Å². The Labute approximate surface area is 131 Å². The predicted molar refractivity (Wildman–Crippen MR) is 87.5 cm³/mol. The van der Waals surface area contributed by atoms with E-state index in [-0.39, 0.29) is 10.7 Å². The fourth-order valence-corrected chi connectivity index (χ4v) is 3.60. The summed E-state index contributed by atoms with van der Waals surface area (Å²) in [6.45, 7) is 0. The number of hydrogen-bond donors (Lipinski definition) is 0. The van der Waals surface area contributed by atoms with Crippen LogP contribution in [-0.4, -0.2) is 20.0 Å². The van der Waals surface area contributed by atoms with E-state index in [9.17, 15) is 13.2 Å². The molecule has 0 amide bonds. The molecule has 22 heavy (non-hydrogen) atoms. The third-order valence-corrected chi connectivity index (χ3v) is 5.16. The van der Waals surface area contributed by atoms with E-state index in [4.69, 9.17) is 0 Å². The molecule has 0 aromatic heterocycles. The van der Waals surface area contributed by atoms with Crippen molar-refractivity contribution in [2.45, 2.75) is 30.6 Å². The molecule has 0 aliphatic heterocycles. The largest absolute Gasteiger partial charge is 0.299 e. The monoisotopic (exact) mass is 316 g/mol. The van der Waals surface area contributed by atoms with Crippen molar-refractivity contribution in [3.05, 3.63) is 66.2 Å². The second kappa shape index (κ2) is 7.90. The number of carbonyl (C=O) groups is 1. The number of carbonyl (C=O) groups excluding carboxylic acids is 1. The molecule has 0 aliphatic carbocycles. The molecule has 2 aromatic rings. The first-order chi connectivity index (χ1) is 10.6. The highest BCUT2D eigenvalue weighted by Gasteiger charge is 2.18. The van der Waals surface area contributed by atoms with E-state index in [0.29, 0.717) is 6.42 Å². The van der Waals surface area contributed by atoms with Gasteiger partial charge in [0.1, 0.15) is 11.5 Å². The lowest BCUT2D eigenvalue weighted by Gasteiger charge is -2.04. The number of aryl methyl sites for hydroxylation is 1. The van der Waals surface area contributed by atoms with Gasteiger partial charge in [0.25, 0.3) is 0 Å². The summed E-state index contributed by atoms with van der Waals surface area (Å²) in [5, 5.41) is 0. The van der Waals surface area contributed by atoms with Crippen LogP contribution in [0.3, 0.4) is 0 Å². The van der Waals surface area contributed by atoms with Crippen LogP contribution in [0.1, 0.15) is 24.8 Å². The summed E-state index contributed by atoms with van der Waals surface area (Å²) in [7, 11) is -3.50. The van der Waals surface area contributed by atoms with E-state index in [1.165, 1.54) is 17.7 Å². The minimum Gasteiger partial charge on any atom is -0.299 e. The Morgan fingerprint density at radius 1 is 0.818 bits per heavy atom. The molecule has 0 heterocycles. The molecule has 4 heteroatoms. The van der Waals surface area contributed by atoms with Gasteiger partial charge in [0, 0.05) is 6.42 Å². The Morgan fingerprint density at radius 3 is 2.05 bits per heavy atom. The molecule has 2 aromatic carbocycles. The van der Waals surface area contributed by atoms with Crippen molar-refractivity contribution in [1.29, 1.82) is 0 Å². The maximum Gasteiger partial charge on any atom is 0.185 e. The predicted octanol–water partition coefficient (Wildman–Crippen LogP) is 3.44. The van der Waals surface area contributed by atoms with Gasteiger partial charge in [-0.1, -0.05) is 48.5 Å². The van der Waals surface area contributed by atoms with Crippen LogP contribution in [0.25, 0.3) is 0 Å². The van der Waals surface area contributed by atoms with E-state index in [1.54, 1.807) is 18.2 Å². The second-order valence-electron chi connectivity index (χ2n) is 5.30. The molecular formula is C18H20O3S. The minimum atomic E-state index is -3.50. The Hall–Kier alpha value is -1.94. The SMILES string of the molecule is O=C(CCCCc1ccccc1)CS(=O)(=O)c1ccccc1. The van der Waals surface area contributed by atoms with Crippen LogP contribution in [0.15, 0.2) is 65.6 Å². The number of ketones is 1. The van der Waals surface area contributed by atoms with Crippen molar-refractivity contribution in [1.82, 2.24) is 0 Å². The Morgan fingerprint density at radius 2 is 1.41 bits per heavy atom. The third-order valence-electron chi connectivity index (χ3n) is 3.47. The van der Waals surface area contributed by atoms with E-state index in [0.717, 1.165) is 19.3 Å². The number of rotatable bonds is 8. The zero-order valence-electron chi connectivity index (χ0n) is 12.4. The fourth-order valence-electron chi connectivity index (χ4n) is 2.29. The van der Waals surface area contributed by atoms with Crippen LogP contribution in [0.4, 0.5) is 0 Å². The van der Waals surface area contributed by atoms with E-state index < -0.39 is 15.6 Å². The van der Waals surface area contributed by atoms with E-state index in [1.807, 2.05) is 18.2 Å². The molecule has 0 aliphatic rings. The molecule has 2 rings (SSSR count). The first-order valence-electron chi connectivity index (χ1n) is 7.41. The van der Waals surface area contributed by atoms with Crippen LogP contribution in [0, 0.1) is 0 Å². The fraction of sp³-hybridized carbons (Fsp3) is 0.278. The van der Waals surface area contributed by atoms with Gasteiger partial charge >= 0.3 is 0 Å². The average molecular weight is 316 g/mol. The number of sulfone groups is 1. The highest BCUT2D eigenvalue weighted by molar-refractivity contribution is 7.92. The molecule has 0 saturated heterocycles. The normalized spacial score (nSPS) is 11.3. The van der Waals surface area contributed by atoms with Crippen LogP contribution < -0.4 is 0 Å². The number of unbranched alkanes of at least 4 members (excludes halogenated alkanes) is 1. The molecule has 0 spiro atoms. The third kappa shape index (κ3) is 5.11. The summed E-state index contributed by atoms with van der Waals surface area (Å²) in [5.41, 5.74) is 1.24. The number of hydrogen-bond acceptors (Lipinski definition) is 3. The van der Waals surface area contributed by atoms with Gasteiger partial charge in [-0.3, -0.25) is 4.79 Å². The second-order valence-corrected chi connectivity index (χ2v) is 7.29. The summed E-state index contributed by atoms with van der Waals surface area (Å²) in [5.74, 6) is -0.612. The van der Waals surface area contributed by atoms with Crippen molar-refractivity contribution in [2.24, 2.45) is 0 Å². The molecule has 0 N–H and O–H groups in total. The minimum absolute atomic E-state index is 0.211. The standard InChI is InChI=1S/C18H20O3S/c19-17(12-8-7-11-16-9-3-1-4-10-16)15-22(20,21)18-13-5-2-6-14-18/h1-6,9-10,13-14H,7-8,11-12,15H2. The lowest BCUT2D eigenvalue weighted by Crippen LogP contribution is -2.16. The van der Waals surface area contributed by atoms with Crippen LogP contribution in [0.5, 0.6) is 0 Å². The number of benzene rings is 2. The summed E-state index contributed by atoms with van der Waals surface area (Å²) in [6.07, 6.45) is 2.84. The van der Waals surface area contributed by atoms with Gasteiger partial charge in [-0.25, -0.2) is 8.42 Å². The first kappa shape index (κ1) is 16.4. The van der Waals surface area contributed by atoms with Gasteiger partial charge in [0.2, 0.25) is 0 Å². The van der Waals surface area contributed by atoms with Gasteiger partial charge in [0.05, 0.1) is 4.90 Å². The summed E-state index contributed by atoms with van der Waals surface area (Å²) < 4.78 is 24.2. The molecule has 0 unspecified atom stereocenters. The molecule has 0 fully saturated rings. The number of Topliss-reactive ketones (excluding diaryl/α,β-unsaturated/α-hetero) is 1. The van der Waals surface area contributed by atoms with Gasteiger partial charge in [-0.2, -0.15) is 0 Å². The van der Waals surface area contributed by atoms with E-state index >= 15 is 0 Å². The Balaban J connectivity index is 1.76. The van der Waals surface area contributed by atoms with Crippen molar-refractivity contribution in [2.75, 3.05) is 5.75 Å². The van der Waals surface area contributed by atoms with Gasteiger partial charge in [-0.15, -0.1) is 0 Å². The topological polar surface area (TPSA) is 51.2 Å². The average Bonchev–Trinajstić information content (AvgIpc) is 2.53. The quantitative estimate of drug-likeness (QED) is 0.701. The molecule has 3 nitrogen and oxygen atoms in total. The van der Waals surface area contributed by atoms with Gasteiger partial charge in [0.15, 0.2) is 9.84 Å². The van der Waals surface area contributed by atoms with Crippen LogP contribution >= 0.6 is 0 Å². The summed E-state index contributed by atoms with van der Waals surface area (Å²) >= 11 is 0. The Kier molecular flexibility index (Phi) is 5.90. The van der Waals surface area contributed by atoms with Gasteiger partial charge in [-0.05, 0) is 37.0 Å². The van der Waals surface area contributed by atoms with Crippen molar-refractivity contribution >= 4 is 15.6 Å². The highest BCUT2D eigenvalue weighted by Crippen LogP contribution is 2.12. The Bertz CT molecular complexity index is 692. The summed E-state index contributed by atoms with van der Waals surface area (Å²) in [4.78, 5) is 12.1. The van der Waals surface area contributed by atoms with Crippen molar-refractivity contribution < 1.29 is 13.2 Å². The first-order valence-corrected chi connectivity index (χ1v) is 9.06. The van der Waals surface area contributed by atoms with Gasteiger partial charge < -0.3 is 0 Å². The zero-order valence-corrected chi connectivity index (χ0v) is 13.3. The molecule has 0 atom stereocenters. The molecular weight excluding hydrogens is 296 g/mol. The van der Waals surface area contributed by atoms with Crippen molar-refractivity contribution in [3.63, 3.8) is 0 Å². The molecule has 116 valence electrons. The summed E-state index contributed by atoms with van der Waals surface area (Å²) in [6, 6.07) is 18.2. The maximum absolute atomic E-state index is 12.1. The lowest BCUT2D eigenvalue weighted by atomic mass is 10.1. The van der Waals surface area contributed by atoms with Crippen molar-refractivity contribution in [3.8, 4) is 0 Å². The smallest absolute Gasteiger partial charge is 0.185 e. The van der Waals surface area contributed by atoms with Crippen LogP contribution in [0.2, 0.25) is 0 Å².